The number of ether oxygens (including phenoxy) is 3. The lowest BCUT2D eigenvalue weighted by molar-refractivity contribution is 0.0658. The maximum absolute atomic E-state index is 11.2. The lowest BCUT2D eigenvalue weighted by Crippen LogP contribution is -2.00. The highest BCUT2D eigenvalue weighted by molar-refractivity contribution is 5.98. The van der Waals surface area contributed by atoms with Gasteiger partial charge >= 0.3 is 5.97 Å². The quantitative estimate of drug-likeness (QED) is 0.894. The molecule has 2 aromatic rings. The molecule has 0 bridgehead atoms. The van der Waals surface area contributed by atoms with Crippen molar-refractivity contribution in [2.75, 3.05) is 21.3 Å². The molecule has 19 heavy (non-hydrogen) atoms. The molecule has 1 N–H and O–H groups in total. The van der Waals surface area contributed by atoms with Gasteiger partial charge in [-0.2, -0.15) is 0 Å². The number of furan rings is 1. The molecule has 0 spiro atoms. The zero-order valence-electron chi connectivity index (χ0n) is 10.9. The minimum atomic E-state index is -1.15. The second-order valence-electron chi connectivity index (χ2n) is 3.85. The van der Waals surface area contributed by atoms with Gasteiger partial charge in [0.25, 0.3) is 0 Å². The summed E-state index contributed by atoms with van der Waals surface area (Å²) in [6.45, 7) is 0.122. The van der Waals surface area contributed by atoms with E-state index in [1.54, 1.807) is 12.1 Å². The molecule has 0 saturated carbocycles. The summed E-state index contributed by atoms with van der Waals surface area (Å²) in [5.41, 5.74) is 0.838. The van der Waals surface area contributed by atoms with Crippen molar-refractivity contribution in [3.63, 3.8) is 0 Å². The van der Waals surface area contributed by atoms with Crippen LogP contribution in [0.5, 0.6) is 11.5 Å². The van der Waals surface area contributed by atoms with Crippen LogP contribution >= 0.6 is 0 Å². The predicted octanol–water partition coefficient (Wildman–Crippen LogP) is 2.29. The van der Waals surface area contributed by atoms with E-state index in [9.17, 15) is 4.79 Å². The third kappa shape index (κ3) is 2.22. The Hall–Kier alpha value is -2.21. The van der Waals surface area contributed by atoms with Crippen LogP contribution in [0.1, 0.15) is 16.1 Å². The monoisotopic (exact) mass is 266 g/mol. The van der Waals surface area contributed by atoms with Crippen LogP contribution in [-0.2, 0) is 11.3 Å². The van der Waals surface area contributed by atoms with Crippen molar-refractivity contribution >= 4 is 16.9 Å². The standard InChI is InChI=1S/C13H14O6/c1-16-6-8-11-9(18-3)4-7(17-2)5-10(11)19-12(8)13(14)15/h4-5H,6H2,1-3H3,(H,14,15). The fourth-order valence-electron chi connectivity index (χ4n) is 1.96. The summed E-state index contributed by atoms with van der Waals surface area (Å²) in [7, 11) is 4.50. The minimum absolute atomic E-state index is 0.122. The second kappa shape index (κ2) is 5.19. The smallest absolute Gasteiger partial charge is 0.372 e. The Labute approximate surface area is 109 Å². The molecule has 0 aliphatic carbocycles. The van der Waals surface area contributed by atoms with Crippen LogP contribution in [0, 0.1) is 0 Å². The number of rotatable bonds is 5. The van der Waals surface area contributed by atoms with Crippen LogP contribution < -0.4 is 9.47 Å². The Morgan fingerprint density at radius 1 is 1.26 bits per heavy atom. The van der Waals surface area contributed by atoms with E-state index < -0.39 is 5.97 Å². The van der Waals surface area contributed by atoms with Crippen LogP contribution in [-0.4, -0.2) is 32.4 Å². The van der Waals surface area contributed by atoms with Crippen LogP contribution in [0.2, 0.25) is 0 Å². The maximum atomic E-state index is 11.2. The van der Waals surface area contributed by atoms with Crippen LogP contribution in [0.3, 0.4) is 0 Å². The summed E-state index contributed by atoms with van der Waals surface area (Å²) in [5, 5.41) is 9.75. The topological polar surface area (TPSA) is 78.1 Å². The molecule has 0 radical (unpaired) electrons. The summed E-state index contributed by atoms with van der Waals surface area (Å²) < 4.78 is 20.8. The molecule has 6 heteroatoms. The van der Waals surface area contributed by atoms with Gasteiger partial charge in [-0.15, -0.1) is 0 Å². The van der Waals surface area contributed by atoms with E-state index in [4.69, 9.17) is 23.7 Å². The Bertz CT molecular complexity index is 613. The summed E-state index contributed by atoms with van der Waals surface area (Å²) in [5.74, 6) is -0.288. The van der Waals surface area contributed by atoms with E-state index in [0.717, 1.165) is 0 Å². The highest BCUT2D eigenvalue weighted by atomic mass is 16.5. The van der Waals surface area contributed by atoms with Gasteiger partial charge in [-0.05, 0) is 0 Å². The normalized spacial score (nSPS) is 10.7. The van der Waals surface area contributed by atoms with Crippen LogP contribution in [0.4, 0.5) is 0 Å². The molecular weight excluding hydrogens is 252 g/mol. The average Bonchev–Trinajstić information content (AvgIpc) is 2.77. The summed E-state index contributed by atoms with van der Waals surface area (Å²) in [6, 6.07) is 3.28. The third-order valence-corrected chi connectivity index (χ3v) is 2.77. The van der Waals surface area contributed by atoms with Gasteiger partial charge in [0.05, 0.1) is 26.2 Å². The molecule has 102 valence electrons. The molecule has 0 atom stereocenters. The molecule has 0 aliphatic rings. The fourth-order valence-corrected chi connectivity index (χ4v) is 1.96. The van der Waals surface area contributed by atoms with Crippen molar-refractivity contribution in [1.29, 1.82) is 0 Å². The highest BCUT2D eigenvalue weighted by Crippen LogP contribution is 2.37. The predicted molar refractivity (Wildman–Crippen MR) is 67.0 cm³/mol. The highest BCUT2D eigenvalue weighted by Gasteiger charge is 2.23. The largest absolute Gasteiger partial charge is 0.496 e. The van der Waals surface area contributed by atoms with Crippen molar-refractivity contribution in [1.82, 2.24) is 0 Å². The summed E-state index contributed by atoms with van der Waals surface area (Å²) in [4.78, 5) is 11.2. The van der Waals surface area contributed by atoms with Crippen molar-refractivity contribution in [3.8, 4) is 11.5 Å². The molecular formula is C13H14O6. The number of aromatic carboxylic acids is 1. The molecule has 0 saturated heterocycles. The molecule has 1 aromatic carbocycles. The van der Waals surface area contributed by atoms with Gasteiger partial charge in [0.15, 0.2) is 0 Å². The van der Waals surface area contributed by atoms with Gasteiger partial charge in [-0.1, -0.05) is 0 Å². The molecule has 6 nitrogen and oxygen atoms in total. The zero-order valence-corrected chi connectivity index (χ0v) is 10.9. The molecule has 1 heterocycles. The molecule has 1 aromatic heterocycles. The average molecular weight is 266 g/mol. The first-order valence-corrected chi connectivity index (χ1v) is 5.52. The number of methoxy groups -OCH3 is 3. The lowest BCUT2D eigenvalue weighted by Gasteiger charge is -2.06. The number of benzene rings is 1. The molecule has 0 unspecified atom stereocenters. The van der Waals surface area contributed by atoms with Crippen molar-refractivity contribution < 1.29 is 28.5 Å². The molecule has 0 fully saturated rings. The van der Waals surface area contributed by atoms with E-state index in [1.807, 2.05) is 0 Å². The summed E-state index contributed by atoms with van der Waals surface area (Å²) >= 11 is 0. The Kier molecular flexibility index (Phi) is 3.62. The summed E-state index contributed by atoms with van der Waals surface area (Å²) in [6.07, 6.45) is 0. The Morgan fingerprint density at radius 2 is 2.00 bits per heavy atom. The zero-order chi connectivity index (χ0) is 14.0. The number of carbonyl (C=O) groups is 1. The van der Waals surface area contributed by atoms with Gasteiger partial charge in [0.1, 0.15) is 17.1 Å². The molecule has 0 aliphatic heterocycles. The third-order valence-electron chi connectivity index (χ3n) is 2.77. The number of hydrogen-bond donors (Lipinski definition) is 1. The number of carboxylic acid groups (broad SMARTS) is 1. The van der Waals surface area contributed by atoms with Crippen LogP contribution in [0.15, 0.2) is 16.5 Å². The van der Waals surface area contributed by atoms with E-state index >= 15 is 0 Å². The van der Waals surface area contributed by atoms with E-state index in [2.05, 4.69) is 0 Å². The first-order chi connectivity index (χ1) is 9.12. The van der Waals surface area contributed by atoms with Crippen molar-refractivity contribution in [3.05, 3.63) is 23.5 Å². The molecule has 0 amide bonds. The van der Waals surface area contributed by atoms with Gasteiger partial charge in [-0.25, -0.2) is 4.79 Å². The Morgan fingerprint density at radius 3 is 2.53 bits per heavy atom. The van der Waals surface area contributed by atoms with E-state index in [0.29, 0.717) is 28.0 Å². The fraction of sp³-hybridized carbons (Fsp3) is 0.308. The molecule has 2 rings (SSSR count). The number of fused-ring (bicyclic) bond motifs is 1. The second-order valence-corrected chi connectivity index (χ2v) is 3.85. The SMILES string of the molecule is COCc1c(C(=O)O)oc2cc(OC)cc(OC)c12. The van der Waals surface area contributed by atoms with Gasteiger partial charge < -0.3 is 23.7 Å². The maximum Gasteiger partial charge on any atom is 0.372 e. The van der Waals surface area contributed by atoms with Gasteiger partial charge in [-0.3, -0.25) is 0 Å². The minimum Gasteiger partial charge on any atom is -0.496 e. The van der Waals surface area contributed by atoms with Crippen molar-refractivity contribution in [2.45, 2.75) is 6.61 Å². The van der Waals surface area contributed by atoms with E-state index in [1.165, 1.54) is 21.3 Å². The van der Waals surface area contributed by atoms with Crippen LogP contribution in [0.25, 0.3) is 11.0 Å². The lowest BCUT2D eigenvalue weighted by atomic mass is 10.1. The van der Waals surface area contributed by atoms with Gasteiger partial charge in [0.2, 0.25) is 5.76 Å². The Balaban J connectivity index is 2.78. The first kappa shape index (κ1) is 13.2. The number of carboxylic acids is 1. The van der Waals surface area contributed by atoms with Gasteiger partial charge in [0, 0.05) is 24.8 Å². The number of hydrogen-bond acceptors (Lipinski definition) is 5. The first-order valence-electron chi connectivity index (χ1n) is 5.52. The van der Waals surface area contributed by atoms with Crippen molar-refractivity contribution in [2.24, 2.45) is 0 Å². The van der Waals surface area contributed by atoms with E-state index in [-0.39, 0.29) is 12.4 Å².